The minimum absolute atomic E-state index is 0.0356. The summed E-state index contributed by atoms with van der Waals surface area (Å²) in [5, 5.41) is 9.28. The molecule has 100 valence electrons. The Balaban J connectivity index is 1.98. The van der Waals surface area contributed by atoms with Gasteiger partial charge in [0.25, 0.3) is 0 Å². The summed E-state index contributed by atoms with van der Waals surface area (Å²) in [5.41, 5.74) is 0.701. The van der Waals surface area contributed by atoms with Gasteiger partial charge in [0.2, 0.25) is 5.91 Å². The average molecular weight is 263 g/mol. The van der Waals surface area contributed by atoms with Crippen molar-refractivity contribution in [3.8, 4) is 0 Å². The van der Waals surface area contributed by atoms with Crippen molar-refractivity contribution in [3.63, 3.8) is 0 Å². The van der Waals surface area contributed by atoms with Crippen LogP contribution in [0.15, 0.2) is 24.3 Å². The van der Waals surface area contributed by atoms with Crippen LogP contribution in [-0.2, 0) is 9.59 Å². The van der Waals surface area contributed by atoms with E-state index in [2.05, 4.69) is 0 Å². The lowest BCUT2D eigenvalue weighted by atomic mass is 9.93. The number of hydrogen-bond acceptors (Lipinski definition) is 2. The number of halogens is 1. The summed E-state index contributed by atoms with van der Waals surface area (Å²) in [6, 6.07) is 5.46. The standard InChI is InChI=1S/C14H14FNO3/c15-9-3-1-8(2-4-9)13-11(14(18)19)7-12(17)16(13)10-5-6-10/h1-4,10-11,13H,5-7H2,(H,18,19). The third kappa shape index (κ3) is 2.09. The summed E-state index contributed by atoms with van der Waals surface area (Å²) in [6.45, 7) is 0. The van der Waals surface area contributed by atoms with E-state index in [9.17, 15) is 19.1 Å². The quantitative estimate of drug-likeness (QED) is 0.907. The Morgan fingerprint density at radius 3 is 2.42 bits per heavy atom. The number of rotatable bonds is 3. The van der Waals surface area contributed by atoms with Gasteiger partial charge >= 0.3 is 5.97 Å². The van der Waals surface area contributed by atoms with Crippen molar-refractivity contribution in [1.82, 2.24) is 4.90 Å². The fourth-order valence-corrected chi connectivity index (χ4v) is 2.81. The maximum atomic E-state index is 13.0. The molecule has 1 aliphatic carbocycles. The molecular weight excluding hydrogens is 249 g/mol. The van der Waals surface area contributed by atoms with Gasteiger partial charge in [0.05, 0.1) is 12.0 Å². The second-order valence-electron chi connectivity index (χ2n) is 5.18. The molecule has 1 amide bonds. The summed E-state index contributed by atoms with van der Waals surface area (Å²) in [5.74, 6) is -2.17. The average Bonchev–Trinajstić information content (AvgIpc) is 3.14. The van der Waals surface area contributed by atoms with E-state index >= 15 is 0 Å². The molecule has 0 spiro atoms. The Hall–Kier alpha value is -1.91. The molecule has 1 aliphatic heterocycles. The highest BCUT2D eigenvalue weighted by molar-refractivity contribution is 5.87. The molecule has 1 aromatic carbocycles. The van der Waals surface area contributed by atoms with Gasteiger partial charge in [-0.3, -0.25) is 9.59 Å². The second-order valence-corrected chi connectivity index (χ2v) is 5.18. The number of carbonyl (C=O) groups excluding carboxylic acids is 1. The first-order valence-electron chi connectivity index (χ1n) is 6.37. The van der Waals surface area contributed by atoms with Gasteiger partial charge < -0.3 is 10.0 Å². The highest BCUT2D eigenvalue weighted by Crippen LogP contribution is 2.44. The van der Waals surface area contributed by atoms with Crippen LogP contribution in [0, 0.1) is 11.7 Å². The fraction of sp³-hybridized carbons (Fsp3) is 0.429. The third-order valence-corrected chi connectivity index (χ3v) is 3.83. The molecule has 2 unspecified atom stereocenters. The molecule has 2 fully saturated rings. The Morgan fingerprint density at radius 1 is 1.26 bits per heavy atom. The van der Waals surface area contributed by atoms with Crippen molar-refractivity contribution in [2.24, 2.45) is 5.92 Å². The first kappa shape index (κ1) is 12.1. The number of aliphatic carboxylic acids is 1. The molecule has 1 aromatic rings. The van der Waals surface area contributed by atoms with E-state index in [-0.39, 0.29) is 24.2 Å². The highest BCUT2D eigenvalue weighted by Gasteiger charge is 2.49. The minimum atomic E-state index is -0.967. The molecular formula is C14H14FNO3. The van der Waals surface area contributed by atoms with Gasteiger partial charge in [-0.15, -0.1) is 0 Å². The lowest BCUT2D eigenvalue weighted by Crippen LogP contribution is -2.32. The monoisotopic (exact) mass is 263 g/mol. The van der Waals surface area contributed by atoms with Crippen LogP contribution in [-0.4, -0.2) is 27.9 Å². The summed E-state index contributed by atoms with van der Waals surface area (Å²) in [4.78, 5) is 25.0. The molecule has 0 radical (unpaired) electrons. The number of amides is 1. The molecule has 0 bridgehead atoms. The Labute approximate surface area is 109 Å². The zero-order valence-corrected chi connectivity index (χ0v) is 10.3. The van der Waals surface area contributed by atoms with Crippen molar-refractivity contribution in [3.05, 3.63) is 35.6 Å². The van der Waals surface area contributed by atoms with Gasteiger partial charge in [-0.25, -0.2) is 4.39 Å². The Bertz CT molecular complexity index is 524. The van der Waals surface area contributed by atoms with Gasteiger partial charge in [0.1, 0.15) is 5.82 Å². The SMILES string of the molecule is O=C(O)C1CC(=O)N(C2CC2)C1c1ccc(F)cc1. The lowest BCUT2D eigenvalue weighted by molar-refractivity contribution is -0.142. The van der Waals surface area contributed by atoms with Gasteiger partial charge in [-0.2, -0.15) is 0 Å². The van der Waals surface area contributed by atoms with E-state index < -0.39 is 17.9 Å². The molecule has 3 rings (SSSR count). The van der Waals surface area contributed by atoms with Crippen LogP contribution < -0.4 is 0 Å². The maximum Gasteiger partial charge on any atom is 0.309 e. The zero-order valence-electron chi connectivity index (χ0n) is 10.3. The smallest absolute Gasteiger partial charge is 0.309 e. The van der Waals surface area contributed by atoms with E-state index in [4.69, 9.17) is 0 Å². The number of nitrogens with zero attached hydrogens (tertiary/aromatic N) is 1. The second kappa shape index (κ2) is 4.33. The van der Waals surface area contributed by atoms with Gasteiger partial charge in [-0.05, 0) is 30.5 Å². The van der Waals surface area contributed by atoms with Crippen LogP contribution >= 0.6 is 0 Å². The van der Waals surface area contributed by atoms with Gasteiger partial charge in [-0.1, -0.05) is 12.1 Å². The molecule has 2 aliphatic rings. The number of carboxylic acids is 1. The van der Waals surface area contributed by atoms with Crippen molar-refractivity contribution in [1.29, 1.82) is 0 Å². The van der Waals surface area contributed by atoms with Crippen LogP contribution in [0.25, 0.3) is 0 Å². The fourth-order valence-electron chi connectivity index (χ4n) is 2.81. The van der Waals surface area contributed by atoms with Gasteiger partial charge in [0, 0.05) is 12.5 Å². The number of carbonyl (C=O) groups is 2. The van der Waals surface area contributed by atoms with E-state index in [1.807, 2.05) is 0 Å². The number of benzene rings is 1. The number of hydrogen-bond donors (Lipinski definition) is 1. The van der Waals surface area contributed by atoms with Crippen molar-refractivity contribution in [2.45, 2.75) is 31.3 Å². The largest absolute Gasteiger partial charge is 0.481 e. The molecule has 1 heterocycles. The number of likely N-dealkylation sites (tertiary alicyclic amines) is 1. The predicted octanol–water partition coefficient (Wildman–Crippen LogP) is 1.96. The normalized spacial score (nSPS) is 26.8. The molecule has 19 heavy (non-hydrogen) atoms. The van der Waals surface area contributed by atoms with E-state index in [0.29, 0.717) is 5.56 Å². The van der Waals surface area contributed by atoms with Crippen LogP contribution in [0.5, 0.6) is 0 Å². The maximum absolute atomic E-state index is 13.0. The molecule has 1 saturated heterocycles. The third-order valence-electron chi connectivity index (χ3n) is 3.83. The van der Waals surface area contributed by atoms with E-state index in [1.165, 1.54) is 12.1 Å². The topological polar surface area (TPSA) is 57.6 Å². The molecule has 1 N–H and O–H groups in total. The number of carboxylic acid groups (broad SMARTS) is 1. The predicted molar refractivity (Wildman–Crippen MR) is 64.8 cm³/mol. The zero-order chi connectivity index (χ0) is 13.6. The van der Waals surface area contributed by atoms with Crippen molar-refractivity contribution in [2.75, 3.05) is 0 Å². The van der Waals surface area contributed by atoms with Crippen molar-refractivity contribution >= 4 is 11.9 Å². The molecule has 1 saturated carbocycles. The minimum Gasteiger partial charge on any atom is -0.481 e. The van der Waals surface area contributed by atoms with Crippen LogP contribution in [0.4, 0.5) is 4.39 Å². The van der Waals surface area contributed by atoms with Crippen LogP contribution in [0.1, 0.15) is 30.9 Å². The van der Waals surface area contributed by atoms with E-state index in [1.54, 1.807) is 17.0 Å². The summed E-state index contributed by atoms with van der Waals surface area (Å²) >= 11 is 0. The van der Waals surface area contributed by atoms with E-state index in [0.717, 1.165) is 12.8 Å². The molecule has 5 heteroatoms. The molecule has 4 nitrogen and oxygen atoms in total. The summed E-state index contributed by atoms with van der Waals surface area (Å²) in [7, 11) is 0. The van der Waals surface area contributed by atoms with Crippen LogP contribution in [0.2, 0.25) is 0 Å². The summed E-state index contributed by atoms with van der Waals surface area (Å²) in [6.07, 6.45) is 1.89. The summed E-state index contributed by atoms with van der Waals surface area (Å²) < 4.78 is 13.0. The van der Waals surface area contributed by atoms with Crippen molar-refractivity contribution < 1.29 is 19.1 Å². The Morgan fingerprint density at radius 2 is 1.89 bits per heavy atom. The first-order chi connectivity index (χ1) is 9.08. The highest BCUT2D eigenvalue weighted by atomic mass is 19.1. The Kier molecular flexibility index (Phi) is 2.77. The lowest BCUT2D eigenvalue weighted by Gasteiger charge is -2.27. The van der Waals surface area contributed by atoms with Crippen LogP contribution in [0.3, 0.4) is 0 Å². The van der Waals surface area contributed by atoms with Gasteiger partial charge in [0.15, 0.2) is 0 Å². The molecule has 0 aromatic heterocycles. The molecule has 2 atom stereocenters. The first-order valence-corrected chi connectivity index (χ1v) is 6.37.